The lowest BCUT2D eigenvalue weighted by molar-refractivity contribution is -0.137. The van der Waals surface area contributed by atoms with E-state index in [1.165, 1.54) is 4.68 Å². The first kappa shape index (κ1) is 23.7. The van der Waals surface area contributed by atoms with Crippen molar-refractivity contribution in [1.82, 2.24) is 9.78 Å². The summed E-state index contributed by atoms with van der Waals surface area (Å²) < 4.78 is 40.7. The van der Waals surface area contributed by atoms with Gasteiger partial charge in [-0.2, -0.15) is 23.5 Å². The van der Waals surface area contributed by atoms with Gasteiger partial charge in [0.15, 0.2) is 11.5 Å². The number of halogens is 5. The largest absolute Gasteiger partial charge is 0.416 e. The second kappa shape index (κ2) is 8.91. The van der Waals surface area contributed by atoms with E-state index in [0.717, 1.165) is 12.1 Å². The van der Waals surface area contributed by atoms with Crippen LogP contribution >= 0.6 is 23.2 Å². The fraction of sp³-hybridized carbons (Fsp3) is 0.182. The van der Waals surface area contributed by atoms with Gasteiger partial charge in [-0.3, -0.25) is 0 Å². The smallest absolute Gasteiger partial charge is 0.339 e. The molecule has 0 aliphatic heterocycles. The molecule has 0 bridgehead atoms. The minimum absolute atomic E-state index is 0.00112. The van der Waals surface area contributed by atoms with Crippen LogP contribution in [0.25, 0.3) is 5.69 Å². The maximum absolute atomic E-state index is 13.2. The fourth-order valence-corrected chi connectivity index (χ4v) is 3.88. The van der Waals surface area contributed by atoms with E-state index in [2.05, 4.69) is 21.9 Å². The predicted molar refractivity (Wildman–Crippen MR) is 123 cm³/mol. The average molecular weight is 493 g/mol. The second-order valence-corrected chi connectivity index (χ2v) is 13.4. The van der Waals surface area contributed by atoms with E-state index in [1.54, 1.807) is 24.3 Å². The lowest BCUT2D eigenvalue weighted by Gasteiger charge is -2.15. The topological polar surface area (TPSA) is 53.6 Å². The molecule has 0 fully saturated rings. The molecule has 3 rings (SSSR count). The first-order valence-corrected chi connectivity index (χ1v) is 13.6. The lowest BCUT2D eigenvalue weighted by Crippen LogP contribution is -2.16. The Labute approximate surface area is 194 Å². The lowest BCUT2D eigenvalue weighted by atomic mass is 10.2. The van der Waals surface area contributed by atoms with Crippen molar-refractivity contribution in [2.45, 2.75) is 25.8 Å². The summed E-state index contributed by atoms with van der Waals surface area (Å²) in [6.45, 7) is 6.14. The van der Waals surface area contributed by atoms with Crippen LogP contribution in [0, 0.1) is 22.8 Å². The molecule has 164 valence electrons. The maximum Gasteiger partial charge on any atom is 0.416 e. The third-order valence-electron chi connectivity index (χ3n) is 4.15. The van der Waals surface area contributed by atoms with Gasteiger partial charge in [-0.15, -0.1) is 5.54 Å². The van der Waals surface area contributed by atoms with Crippen LogP contribution in [0.15, 0.2) is 42.5 Å². The van der Waals surface area contributed by atoms with E-state index >= 15 is 0 Å². The molecule has 1 aromatic heterocycles. The Morgan fingerprint density at radius 2 is 1.66 bits per heavy atom. The summed E-state index contributed by atoms with van der Waals surface area (Å²) in [4.78, 5) is 0. The molecule has 4 nitrogen and oxygen atoms in total. The zero-order chi connectivity index (χ0) is 23.7. The molecule has 0 saturated carbocycles. The Bertz CT molecular complexity index is 1240. The SMILES string of the molecule is C[Si](C)(C)C#Cc1c(C#N)nn(-c2c(Cl)cc(C(F)(F)F)cc2Cl)c1Nc1ccccc1. The fourth-order valence-electron chi connectivity index (χ4n) is 2.73. The van der Waals surface area contributed by atoms with Crippen molar-refractivity contribution >= 4 is 42.8 Å². The van der Waals surface area contributed by atoms with Crippen LogP contribution in [0.2, 0.25) is 29.7 Å². The number of nitriles is 1. The number of rotatable bonds is 3. The van der Waals surface area contributed by atoms with Gasteiger partial charge in [-0.25, -0.2) is 4.68 Å². The van der Waals surface area contributed by atoms with Crippen molar-refractivity contribution in [2.24, 2.45) is 0 Å². The van der Waals surface area contributed by atoms with Crippen molar-refractivity contribution in [3.8, 4) is 23.2 Å². The van der Waals surface area contributed by atoms with E-state index in [9.17, 15) is 18.4 Å². The van der Waals surface area contributed by atoms with Gasteiger partial charge in [-0.1, -0.05) is 67.0 Å². The summed E-state index contributed by atoms with van der Waals surface area (Å²) in [6, 6.07) is 12.6. The molecular weight excluding hydrogens is 476 g/mol. The van der Waals surface area contributed by atoms with Crippen LogP contribution in [-0.4, -0.2) is 17.9 Å². The molecule has 0 spiro atoms. The number of nitrogens with one attached hydrogen (secondary N) is 1. The quantitative estimate of drug-likeness (QED) is 0.315. The van der Waals surface area contributed by atoms with Crippen LogP contribution < -0.4 is 5.32 Å². The first-order valence-electron chi connectivity index (χ1n) is 9.35. The summed E-state index contributed by atoms with van der Waals surface area (Å²) in [5.41, 5.74) is 3.19. The average Bonchev–Trinajstić information content (AvgIpc) is 3.02. The van der Waals surface area contributed by atoms with Gasteiger partial charge in [0.1, 0.15) is 25.4 Å². The van der Waals surface area contributed by atoms with Crippen LogP contribution in [0.1, 0.15) is 16.8 Å². The summed E-state index contributed by atoms with van der Waals surface area (Å²) in [6.07, 6.45) is -4.62. The minimum Gasteiger partial charge on any atom is -0.339 e. The van der Waals surface area contributed by atoms with Gasteiger partial charge in [0.2, 0.25) is 0 Å². The number of hydrogen-bond donors (Lipinski definition) is 1. The van der Waals surface area contributed by atoms with E-state index in [0.29, 0.717) is 11.3 Å². The monoisotopic (exact) mass is 492 g/mol. The summed E-state index contributed by atoms with van der Waals surface area (Å²) in [5, 5.41) is 16.5. The second-order valence-electron chi connectivity index (χ2n) is 7.87. The van der Waals surface area contributed by atoms with Gasteiger partial charge in [0, 0.05) is 5.69 Å². The number of hydrogen-bond acceptors (Lipinski definition) is 3. The first-order chi connectivity index (χ1) is 14.9. The standard InChI is InChI=1S/C22H17Cl2F3N4Si/c1-32(2,3)10-9-16-19(13-28)30-31(21(16)29-15-7-5-4-6-8-15)20-17(23)11-14(12-18(20)24)22(25,26)27/h4-8,11-12,29H,1-3H3. The highest BCUT2D eigenvalue weighted by molar-refractivity contribution is 6.83. The maximum atomic E-state index is 13.2. The molecule has 0 amide bonds. The third-order valence-corrected chi connectivity index (χ3v) is 5.60. The van der Waals surface area contributed by atoms with Crippen LogP contribution in [0.4, 0.5) is 24.7 Å². The Kier molecular flexibility index (Phi) is 6.61. The summed E-state index contributed by atoms with van der Waals surface area (Å²) >= 11 is 12.4. The van der Waals surface area contributed by atoms with E-state index in [1.807, 2.05) is 31.8 Å². The molecule has 0 aliphatic rings. The summed E-state index contributed by atoms with van der Waals surface area (Å²) in [5.74, 6) is 3.31. The highest BCUT2D eigenvalue weighted by Crippen LogP contribution is 2.39. The zero-order valence-electron chi connectivity index (χ0n) is 17.3. The molecule has 0 aliphatic carbocycles. The zero-order valence-corrected chi connectivity index (χ0v) is 19.8. The van der Waals surface area contributed by atoms with Gasteiger partial charge in [0.25, 0.3) is 0 Å². The van der Waals surface area contributed by atoms with Crippen LogP contribution in [-0.2, 0) is 6.18 Å². The molecule has 0 atom stereocenters. The predicted octanol–water partition coefficient (Wildman–Crippen LogP) is 7.04. The number of anilines is 2. The number of aromatic nitrogens is 2. The number of alkyl halides is 3. The van der Waals surface area contributed by atoms with Crippen molar-refractivity contribution in [1.29, 1.82) is 5.26 Å². The van der Waals surface area contributed by atoms with Crippen molar-refractivity contribution in [3.63, 3.8) is 0 Å². The normalized spacial score (nSPS) is 11.5. The van der Waals surface area contributed by atoms with Crippen LogP contribution in [0.5, 0.6) is 0 Å². The molecule has 0 unspecified atom stereocenters. The van der Waals surface area contributed by atoms with E-state index < -0.39 is 19.8 Å². The molecule has 32 heavy (non-hydrogen) atoms. The van der Waals surface area contributed by atoms with Gasteiger partial charge >= 0.3 is 6.18 Å². The van der Waals surface area contributed by atoms with Crippen molar-refractivity contribution < 1.29 is 13.2 Å². The Balaban J connectivity index is 2.30. The Hall–Kier alpha value is -2.91. The molecular formula is C22H17Cl2F3N4Si. The molecule has 0 radical (unpaired) electrons. The third kappa shape index (κ3) is 5.28. The van der Waals surface area contributed by atoms with Crippen LogP contribution in [0.3, 0.4) is 0 Å². The molecule has 1 heterocycles. The van der Waals surface area contributed by atoms with E-state index in [-0.39, 0.29) is 27.2 Å². The molecule has 2 aromatic carbocycles. The number of benzene rings is 2. The molecule has 3 aromatic rings. The number of para-hydroxylation sites is 1. The number of nitrogens with zero attached hydrogens (tertiary/aromatic N) is 3. The van der Waals surface area contributed by atoms with Gasteiger partial charge in [-0.05, 0) is 24.3 Å². The molecule has 10 heteroatoms. The molecule has 1 N–H and O–H groups in total. The Morgan fingerprint density at radius 3 is 2.16 bits per heavy atom. The van der Waals surface area contributed by atoms with E-state index in [4.69, 9.17) is 23.2 Å². The molecule has 0 saturated heterocycles. The van der Waals surface area contributed by atoms with Gasteiger partial charge in [0.05, 0.1) is 15.6 Å². The summed E-state index contributed by atoms with van der Waals surface area (Å²) in [7, 11) is -1.82. The minimum atomic E-state index is -4.62. The Morgan fingerprint density at radius 1 is 1.06 bits per heavy atom. The van der Waals surface area contributed by atoms with Crippen molar-refractivity contribution in [2.75, 3.05) is 5.32 Å². The highest BCUT2D eigenvalue weighted by atomic mass is 35.5. The van der Waals surface area contributed by atoms with Crippen molar-refractivity contribution in [3.05, 3.63) is 69.3 Å². The van der Waals surface area contributed by atoms with Gasteiger partial charge < -0.3 is 5.32 Å². The highest BCUT2D eigenvalue weighted by Gasteiger charge is 2.33.